The molecule has 24 heavy (non-hydrogen) atoms. The second-order valence-corrected chi connectivity index (χ2v) is 4.90. The van der Waals surface area contributed by atoms with Gasteiger partial charge in [-0.25, -0.2) is 8.78 Å². The van der Waals surface area contributed by atoms with Crippen LogP contribution in [0.25, 0.3) is 0 Å². The number of aliphatic hydroxyl groups excluding tert-OH is 1. The maximum Gasteiger partial charge on any atom is 0.417 e. The lowest BCUT2D eigenvalue weighted by atomic mass is 10.1. The molecule has 126 valence electrons. The molecule has 0 aliphatic heterocycles. The highest BCUT2D eigenvalue weighted by atomic mass is 19.4. The van der Waals surface area contributed by atoms with E-state index in [0.29, 0.717) is 6.07 Å². The molecule has 0 amide bonds. The van der Waals surface area contributed by atoms with Crippen molar-refractivity contribution in [2.45, 2.75) is 12.3 Å². The molecule has 3 nitrogen and oxygen atoms in total. The van der Waals surface area contributed by atoms with Gasteiger partial charge < -0.3 is 10.4 Å². The van der Waals surface area contributed by atoms with E-state index in [1.54, 1.807) is 0 Å². The molecule has 0 radical (unpaired) electrons. The third kappa shape index (κ3) is 3.81. The molecular weight excluding hydrogens is 331 g/mol. The Kier molecular flexibility index (Phi) is 5.04. The molecule has 8 heteroatoms. The van der Waals surface area contributed by atoms with Crippen molar-refractivity contribution in [3.63, 3.8) is 0 Å². The quantitative estimate of drug-likeness (QED) is 0.826. The van der Waals surface area contributed by atoms with E-state index in [1.807, 2.05) is 0 Å². The van der Waals surface area contributed by atoms with Crippen LogP contribution in [0.3, 0.4) is 0 Å². The summed E-state index contributed by atoms with van der Waals surface area (Å²) in [5.41, 5.74) is -2.30. The number of rotatable bonds is 4. The van der Waals surface area contributed by atoms with Crippen LogP contribution in [0.2, 0.25) is 0 Å². The molecule has 2 rings (SSSR count). The first kappa shape index (κ1) is 17.7. The molecule has 2 aromatic carbocycles. The van der Waals surface area contributed by atoms with Crippen molar-refractivity contribution in [2.24, 2.45) is 0 Å². The first-order chi connectivity index (χ1) is 11.2. The Bertz CT molecular complexity index is 763. The van der Waals surface area contributed by atoms with E-state index in [0.717, 1.165) is 24.3 Å². The molecule has 0 saturated heterocycles. The third-order valence-electron chi connectivity index (χ3n) is 3.28. The first-order valence-electron chi connectivity index (χ1n) is 6.71. The Hall–Kier alpha value is -2.66. The van der Waals surface area contributed by atoms with E-state index in [-0.39, 0.29) is 5.69 Å². The van der Waals surface area contributed by atoms with Crippen molar-refractivity contribution in [1.82, 2.24) is 0 Å². The number of halogens is 5. The van der Waals surface area contributed by atoms with E-state index >= 15 is 0 Å². The SMILES string of the molecule is N#Cc1ccc(NCC(O)c2c(F)cccc2F)cc1C(F)(F)F. The predicted octanol–water partition coefficient (Wildman–Crippen LogP) is 4.00. The van der Waals surface area contributed by atoms with Crippen LogP contribution in [0.4, 0.5) is 27.6 Å². The number of anilines is 1. The lowest BCUT2D eigenvalue weighted by molar-refractivity contribution is -0.137. The minimum atomic E-state index is -4.72. The zero-order chi connectivity index (χ0) is 17.9. The molecule has 1 unspecified atom stereocenters. The lowest BCUT2D eigenvalue weighted by Crippen LogP contribution is -2.16. The molecule has 0 heterocycles. The smallest absolute Gasteiger partial charge is 0.386 e. The van der Waals surface area contributed by atoms with E-state index < -0.39 is 47.1 Å². The minimum Gasteiger partial charge on any atom is -0.386 e. The number of hydrogen-bond donors (Lipinski definition) is 2. The van der Waals surface area contributed by atoms with Gasteiger partial charge in [0.15, 0.2) is 0 Å². The summed E-state index contributed by atoms with van der Waals surface area (Å²) in [7, 11) is 0. The molecule has 0 aliphatic rings. The fourth-order valence-corrected chi connectivity index (χ4v) is 2.13. The van der Waals surface area contributed by atoms with Gasteiger partial charge in [0.2, 0.25) is 0 Å². The van der Waals surface area contributed by atoms with Crippen LogP contribution in [0.15, 0.2) is 36.4 Å². The topological polar surface area (TPSA) is 56.0 Å². The Morgan fingerprint density at radius 2 is 1.75 bits per heavy atom. The van der Waals surface area contributed by atoms with Crippen LogP contribution in [0.1, 0.15) is 22.8 Å². The van der Waals surface area contributed by atoms with Crippen LogP contribution in [-0.4, -0.2) is 11.7 Å². The molecule has 0 spiro atoms. The van der Waals surface area contributed by atoms with Crippen LogP contribution >= 0.6 is 0 Å². The van der Waals surface area contributed by atoms with Crippen LogP contribution in [0.5, 0.6) is 0 Å². The minimum absolute atomic E-state index is 0.0443. The average molecular weight is 342 g/mol. The highest BCUT2D eigenvalue weighted by molar-refractivity contribution is 5.53. The van der Waals surface area contributed by atoms with Crippen molar-refractivity contribution in [3.8, 4) is 6.07 Å². The highest BCUT2D eigenvalue weighted by Gasteiger charge is 2.33. The monoisotopic (exact) mass is 342 g/mol. The van der Waals surface area contributed by atoms with Crippen LogP contribution in [0, 0.1) is 23.0 Å². The number of nitrogens with one attached hydrogen (secondary N) is 1. The van der Waals surface area contributed by atoms with Gasteiger partial charge in [-0.05, 0) is 30.3 Å². The second-order valence-electron chi connectivity index (χ2n) is 4.90. The molecule has 2 aromatic rings. The standard InChI is InChI=1S/C16H11F5N2O/c17-12-2-1-3-13(18)15(12)14(24)8-23-10-5-4-9(7-22)11(6-10)16(19,20)21/h1-6,14,23-24H,8H2. The Balaban J connectivity index is 2.19. The maximum absolute atomic E-state index is 13.5. The molecule has 2 N–H and O–H groups in total. The Labute approximate surface area is 134 Å². The second kappa shape index (κ2) is 6.84. The number of hydrogen-bond acceptors (Lipinski definition) is 3. The van der Waals surface area contributed by atoms with Crippen molar-refractivity contribution < 1.29 is 27.1 Å². The fraction of sp³-hybridized carbons (Fsp3) is 0.188. The van der Waals surface area contributed by atoms with Gasteiger partial charge in [-0.1, -0.05) is 6.07 Å². The summed E-state index contributed by atoms with van der Waals surface area (Å²) in [6.07, 6.45) is -6.32. The van der Waals surface area contributed by atoms with Gasteiger partial charge >= 0.3 is 6.18 Å². The normalized spacial score (nSPS) is 12.5. The molecule has 0 aromatic heterocycles. The maximum atomic E-state index is 13.5. The fourth-order valence-electron chi connectivity index (χ4n) is 2.13. The number of alkyl halides is 3. The number of nitriles is 1. The summed E-state index contributed by atoms with van der Waals surface area (Å²) in [4.78, 5) is 0. The number of nitrogens with zero attached hydrogens (tertiary/aromatic N) is 1. The van der Waals surface area contributed by atoms with Crippen molar-refractivity contribution in [3.05, 3.63) is 64.7 Å². The van der Waals surface area contributed by atoms with Gasteiger partial charge in [0.05, 0.1) is 22.8 Å². The van der Waals surface area contributed by atoms with Crippen molar-refractivity contribution >= 4 is 5.69 Å². The zero-order valence-electron chi connectivity index (χ0n) is 12.0. The van der Waals surface area contributed by atoms with Gasteiger partial charge in [-0.2, -0.15) is 18.4 Å². The van der Waals surface area contributed by atoms with Gasteiger partial charge in [-0.15, -0.1) is 0 Å². The summed E-state index contributed by atoms with van der Waals surface area (Å²) < 4.78 is 65.6. The Morgan fingerprint density at radius 1 is 1.12 bits per heavy atom. The van der Waals surface area contributed by atoms with E-state index in [4.69, 9.17) is 5.26 Å². The highest BCUT2D eigenvalue weighted by Crippen LogP contribution is 2.33. The van der Waals surface area contributed by atoms with Gasteiger partial charge in [-0.3, -0.25) is 0 Å². The summed E-state index contributed by atoms with van der Waals surface area (Å²) in [6, 6.07) is 7.37. The largest absolute Gasteiger partial charge is 0.417 e. The van der Waals surface area contributed by atoms with Crippen molar-refractivity contribution in [1.29, 1.82) is 5.26 Å². The average Bonchev–Trinajstić information content (AvgIpc) is 2.51. The molecule has 0 bridgehead atoms. The summed E-state index contributed by atoms with van der Waals surface area (Å²) in [5.74, 6) is -1.92. The van der Waals surface area contributed by atoms with E-state index in [1.165, 1.54) is 12.1 Å². The third-order valence-corrected chi connectivity index (χ3v) is 3.28. The summed E-state index contributed by atoms with van der Waals surface area (Å²) in [5, 5.41) is 21.0. The molecule has 1 atom stereocenters. The van der Waals surface area contributed by atoms with E-state index in [2.05, 4.69) is 5.32 Å². The molecular formula is C16H11F5N2O. The van der Waals surface area contributed by atoms with E-state index in [9.17, 15) is 27.1 Å². The molecule has 0 aliphatic carbocycles. The van der Waals surface area contributed by atoms with Crippen molar-refractivity contribution in [2.75, 3.05) is 11.9 Å². The lowest BCUT2D eigenvalue weighted by Gasteiger charge is -2.16. The number of benzene rings is 2. The summed E-state index contributed by atoms with van der Waals surface area (Å²) >= 11 is 0. The molecule has 0 fully saturated rings. The van der Waals surface area contributed by atoms with Gasteiger partial charge in [0.25, 0.3) is 0 Å². The number of aliphatic hydroxyl groups is 1. The van der Waals surface area contributed by atoms with Gasteiger partial charge in [0.1, 0.15) is 17.7 Å². The Morgan fingerprint density at radius 3 is 2.29 bits per heavy atom. The van der Waals surface area contributed by atoms with Crippen LogP contribution in [-0.2, 0) is 6.18 Å². The summed E-state index contributed by atoms with van der Waals surface area (Å²) in [6.45, 7) is -0.416. The van der Waals surface area contributed by atoms with Crippen LogP contribution < -0.4 is 5.32 Å². The predicted molar refractivity (Wildman–Crippen MR) is 76.0 cm³/mol. The van der Waals surface area contributed by atoms with Gasteiger partial charge in [0, 0.05) is 12.2 Å². The first-order valence-corrected chi connectivity index (χ1v) is 6.71. The molecule has 0 saturated carbocycles. The zero-order valence-corrected chi connectivity index (χ0v) is 12.0.